The van der Waals surface area contributed by atoms with E-state index in [-0.39, 0.29) is 59.9 Å². The van der Waals surface area contributed by atoms with Crippen molar-refractivity contribution in [3.8, 4) is 0 Å². The third kappa shape index (κ3) is 10.6. The molecule has 0 aliphatic carbocycles. The molecule has 2 heterocycles. The highest BCUT2D eigenvalue weighted by molar-refractivity contribution is 7.87. The summed E-state index contributed by atoms with van der Waals surface area (Å²) in [6.07, 6.45) is 6.53. The summed E-state index contributed by atoms with van der Waals surface area (Å²) >= 11 is 0. The van der Waals surface area contributed by atoms with Gasteiger partial charge in [0.1, 0.15) is 16.3 Å². The maximum absolute atomic E-state index is 12.7. The Morgan fingerprint density at radius 2 is 1.29 bits per heavy atom. The van der Waals surface area contributed by atoms with Gasteiger partial charge in [0, 0.05) is 71.8 Å². The molecule has 1 amide bonds. The van der Waals surface area contributed by atoms with Crippen LogP contribution in [0.5, 0.6) is 0 Å². The fourth-order valence-electron chi connectivity index (χ4n) is 9.42. The minimum atomic E-state index is -5.12. The molecular formula is C42H51N4O17S5+. The average Bonchev–Trinajstić information content (AvgIpc) is 3.59. The number of methoxy groups -OCH3 is 1. The number of rotatable bonds is 19. The molecule has 0 aromatic heterocycles. The van der Waals surface area contributed by atoms with Crippen molar-refractivity contribution < 1.29 is 79.0 Å². The van der Waals surface area contributed by atoms with Crippen LogP contribution in [0.3, 0.4) is 0 Å². The van der Waals surface area contributed by atoms with Crippen molar-refractivity contribution >= 4 is 95.1 Å². The first-order valence-corrected chi connectivity index (χ1v) is 28.1. The van der Waals surface area contributed by atoms with E-state index in [1.807, 2.05) is 4.58 Å². The van der Waals surface area contributed by atoms with Crippen LogP contribution in [-0.4, -0.2) is 114 Å². The van der Waals surface area contributed by atoms with Crippen molar-refractivity contribution in [3.05, 3.63) is 83.6 Å². The molecule has 26 heteroatoms. The molecule has 0 spiro atoms. The second-order valence-electron chi connectivity index (χ2n) is 17.2. The normalized spacial score (nSPS) is 18.3. The van der Waals surface area contributed by atoms with E-state index in [0.29, 0.717) is 71.9 Å². The van der Waals surface area contributed by atoms with Crippen LogP contribution in [0.4, 0.5) is 11.4 Å². The van der Waals surface area contributed by atoms with Gasteiger partial charge in [-0.15, -0.1) is 0 Å². The molecule has 8 N–H and O–H groups in total. The van der Waals surface area contributed by atoms with Crippen LogP contribution in [0.25, 0.3) is 21.5 Å². The van der Waals surface area contributed by atoms with Gasteiger partial charge in [0.15, 0.2) is 5.71 Å². The molecule has 370 valence electrons. The number of amides is 1. The highest BCUT2D eigenvalue weighted by Crippen LogP contribution is 2.54. The molecule has 0 saturated carbocycles. The van der Waals surface area contributed by atoms with E-state index < -0.39 is 86.8 Å². The van der Waals surface area contributed by atoms with E-state index in [0.717, 1.165) is 12.1 Å². The van der Waals surface area contributed by atoms with Crippen LogP contribution in [-0.2, 0) is 71.0 Å². The number of nitrogens with one attached hydrogen (secondary N) is 1. The fourth-order valence-corrected chi connectivity index (χ4v) is 12.6. The van der Waals surface area contributed by atoms with Crippen molar-refractivity contribution in [2.75, 3.05) is 37.5 Å². The minimum absolute atomic E-state index is 0.0216. The molecule has 21 nitrogen and oxygen atoms in total. The summed E-state index contributed by atoms with van der Waals surface area (Å²) in [7, 11) is -23.3. The number of fused-ring (bicyclic) bond motifs is 6. The molecule has 4 aromatic rings. The van der Waals surface area contributed by atoms with E-state index in [2.05, 4.69) is 5.43 Å². The Bertz CT molecular complexity index is 3420. The summed E-state index contributed by atoms with van der Waals surface area (Å²) in [6.45, 7) is 5.82. The Morgan fingerprint density at radius 3 is 1.81 bits per heavy atom. The van der Waals surface area contributed by atoms with Crippen LogP contribution >= 0.6 is 0 Å². The van der Waals surface area contributed by atoms with Crippen LogP contribution in [0.15, 0.2) is 92.0 Å². The number of hydrogen-bond acceptors (Lipinski definition) is 14. The fraction of sp³-hybridized carbons (Fsp3) is 0.381. The van der Waals surface area contributed by atoms with Gasteiger partial charge in [0.2, 0.25) is 11.6 Å². The quantitative estimate of drug-likeness (QED) is 0.0170. The second-order valence-corrected chi connectivity index (χ2v) is 24.4. The molecule has 0 radical (unpaired) electrons. The van der Waals surface area contributed by atoms with Crippen molar-refractivity contribution in [1.82, 2.24) is 5.43 Å². The number of allylic oxidation sites excluding steroid dienone is 4. The second kappa shape index (κ2) is 18.9. The van der Waals surface area contributed by atoms with E-state index in [9.17, 15) is 69.6 Å². The summed E-state index contributed by atoms with van der Waals surface area (Å²) in [6, 6.07) is 9.34. The van der Waals surface area contributed by atoms with Gasteiger partial charge < -0.3 is 9.64 Å². The van der Waals surface area contributed by atoms with E-state index in [4.69, 9.17) is 10.6 Å². The zero-order valence-electron chi connectivity index (χ0n) is 37.1. The van der Waals surface area contributed by atoms with E-state index >= 15 is 0 Å². The van der Waals surface area contributed by atoms with Crippen LogP contribution in [0.2, 0.25) is 0 Å². The first-order chi connectivity index (χ1) is 31.4. The highest BCUT2D eigenvalue weighted by Gasteiger charge is 2.47. The number of nitrogens with two attached hydrogens (primary N) is 1. The highest BCUT2D eigenvalue weighted by atomic mass is 32.2. The SMILES string of the molecule is COCCN1C(=CC=CC2=[N+](CCCCCC(=O)NN)c3ccc4c(S(=O)(=O)O)cc(S(=O)(=O)O)cc4c3C2(C)C)C(C)(CCCS(=O)(=O)O)c2c1ccc1c(S(=O)(=O)O)cc(S(=O)(=O)O)cc21. The number of carbonyl (C=O) groups excluding carboxylic acids is 1. The summed E-state index contributed by atoms with van der Waals surface area (Å²) in [5, 5.41) is -0.0892. The third-order valence-corrected chi connectivity index (χ3v) is 16.6. The molecule has 1 atom stereocenters. The predicted molar refractivity (Wildman–Crippen MR) is 250 cm³/mol. The van der Waals surface area contributed by atoms with Crippen LogP contribution < -0.4 is 16.2 Å². The minimum Gasteiger partial charge on any atom is -0.383 e. The Balaban J connectivity index is 1.61. The lowest BCUT2D eigenvalue weighted by Crippen LogP contribution is -2.31. The molecular weight excluding hydrogens is 993 g/mol. The van der Waals surface area contributed by atoms with E-state index in [1.54, 1.807) is 50.0 Å². The summed E-state index contributed by atoms with van der Waals surface area (Å²) in [5.41, 5.74) is 2.32. The number of hydrogen-bond donors (Lipinski definition) is 7. The Hall–Kier alpha value is -4.71. The van der Waals surface area contributed by atoms with Crippen LogP contribution in [0.1, 0.15) is 70.4 Å². The third-order valence-electron chi connectivity index (χ3n) is 12.3. The largest absolute Gasteiger partial charge is 0.383 e. The van der Waals surface area contributed by atoms with Gasteiger partial charge in [0.05, 0.1) is 27.6 Å². The van der Waals surface area contributed by atoms with Gasteiger partial charge in [-0.2, -0.15) is 46.7 Å². The number of unbranched alkanes of at least 4 members (excludes halogenated alkanes) is 2. The maximum atomic E-state index is 12.7. The predicted octanol–water partition coefficient (Wildman–Crippen LogP) is 4.44. The zero-order chi connectivity index (χ0) is 50.6. The summed E-state index contributed by atoms with van der Waals surface area (Å²) in [4.78, 5) is 10.4. The lowest BCUT2D eigenvalue weighted by Gasteiger charge is -2.31. The van der Waals surface area contributed by atoms with Crippen molar-refractivity contribution in [2.24, 2.45) is 5.84 Å². The number of hydrazine groups is 1. The number of benzene rings is 4. The van der Waals surface area contributed by atoms with Gasteiger partial charge >= 0.3 is 0 Å². The first-order valence-electron chi connectivity index (χ1n) is 20.7. The molecule has 0 saturated heterocycles. The van der Waals surface area contributed by atoms with Gasteiger partial charge in [-0.05, 0) is 105 Å². The zero-order valence-corrected chi connectivity index (χ0v) is 41.2. The van der Waals surface area contributed by atoms with Crippen molar-refractivity contribution in [3.63, 3.8) is 0 Å². The van der Waals surface area contributed by atoms with Crippen molar-refractivity contribution in [2.45, 2.75) is 89.7 Å². The molecule has 0 bridgehead atoms. The van der Waals surface area contributed by atoms with Gasteiger partial charge in [-0.1, -0.05) is 12.1 Å². The lowest BCUT2D eigenvalue weighted by atomic mass is 9.75. The molecule has 0 fully saturated rings. The first kappa shape index (κ1) is 52.7. The summed E-state index contributed by atoms with van der Waals surface area (Å²) in [5.74, 6) is 4.19. The Morgan fingerprint density at radius 1 is 0.735 bits per heavy atom. The smallest absolute Gasteiger partial charge is 0.295 e. The van der Waals surface area contributed by atoms with Crippen molar-refractivity contribution in [1.29, 1.82) is 0 Å². The molecule has 4 aromatic carbocycles. The molecule has 2 aliphatic rings. The molecule has 68 heavy (non-hydrogen) atoms. The molecule has 1 unspecified atom stereocenters. The lowest BCUT2D eigenvalue weighted by molar-refractivity contribution is -0.438. The Labute approximate surface area is 394 Å². The monoisotopic (exact) mass is 1040 g/mol. The molecule has 2 aliphatic heterocycles. The number of anilines is 1. The van der Waals surface area contributed by atoms with Gasteiger partial charge in [-0.25, -0.2) is 5.84 Å². The number of ether oxygens (including phenoxy) is 1. The van der Waals surface area contributed by atoms with Gasteiger partial charge in [0.25, 0.3) is 50.6 Å². The number of nitrogens with zero attached hydrogens (tertiary/aromatic N) is 2. The topological polar surface area (TPSA) is 342 Å². The molecule has 6 rings (SSSR count). The standard InChI is InChI=1S/C42H50N4O17S5/c1-41(2)36(45(18-7-5-6-12-38(47)44-43)32-15-13-28-30(39(32)41)22-26(65(51,52)53)24-34(28)67(57,58)59)10-8-11-37-42(3,17-9-21-64(48,49)50)40-31-23-27(66(54,55)56)25-35(68(60,61)62)29(31)14-16-33(40)46(37)19-20-63-4/h8,10-11,13-16,22-25H,5-7,9,12,17-21,43H2,1-4H3,(H5-,44,47,48,49,50,51,52,53,54,55,56,57,58,59,60,61,62)/p+1. The number of carbonyl (C=O) groups is 1. The van der Waals surface area contributed by atoms with Crippen LogP contribution in [0, 0.1) is 0 Å². The maximum Gasteiger partial charge on any atom is 0.295 e. The summed E-state index contributed by atoms with van der Waals surface area (Å²) < 4.78 is 183. The van der Waals surface area contributed by atoms with Gasteiger partial charge in [-0.3, -0.25) is 33.0 Å². The van der Waals surface area contributed by atoms with E-state index in [1.165, 1.54) is 25.3 Å². The Kier molecular flexibility index (Phi) is 14.6. The average molecular weight is 1040 g/mol.